The highest BCUT2D eigenvalue weighted by molar-refractivity contribution is 5.69. The molecule has 3 heterocycles. The van der Waals surface area contributed by atoms with Crippen LogP contribution in [0, 0.1) is 10.1 Å². The van der Waals surface area contributed by atoms with Crippen LogP contribution in [0.3, 0.4) is 0 Å². The summed E-state index contributed by atoms with van der Waals surface area (Å²) >= 11 is 0. The van der Waals surface area contributed by atoms with Crippen LogP contribution in [0.4, 0.5) is 29.2 Å². The zero-order valence-corrected chi connectivity index (χ0v) is 18.0. The number of nitro groups is 1. The molecule has 14 heteroatoms. The highest BCUT2D eigenvalue weighted by Gasteiger charge is 2.29. The molecular formula is C19H29N11O3. The van der Waals surface area contributed by atoms with E-state index >= 15 is 0 Å². The molecule has 0 radical (unpaired) electrons. The number of nitro benzene ring substituents is 1. The molecule has 14 nitrogen and oxygen atoms in total. The van der Waals surface area contributed by atoms with Crippen LogP contribution in [0.25, 0.3) is 0 Å². The number of aromatic hydroxyl groups is 1. The Bertz CT molecular complexity index is 958. The molecule has 4 rings (SSSR count). The molecule has 0 saturated carbocycles. The average Bonchev–Trinajstić information content (AvgIpc) is 2.73. The number of aromatic nitrogens is 3. The second-order valence-electron chi connectivity index (χ2n) is 8.66. The molecule has 0 bridgehead atoms. The minimum Gasteiger partial charge on any atom is -0.508 e. The summed E-state index contributed by atoms with van der Waals surface area (Å²) in [6.07, 6.45) is 1.38. The van der Waals surface area contributed by atoms with Crippen LogP contribution in [0.5, 0.6) is 5.75 Å². The highest BCUT2D eigenvalue weighted by atomic mass is 16.6. The Morgan fingerprint density at radius 3 is 1.85 bits per heavy atom. The minimum absolute atomic E-state index is 0.101. The third-order valence-electron chi connectivity index (χ3n) is 5.63. The average molecular weight is 460 g/mol. The van der Waals surface area contributed by atoms with Gasteiger partial charge in [0.05, 0.1) is 11.0 Å². The molecule has 0 unspecified atom stereocenters. The van der Waals surface area contributed by atoms with Crippen LogP contribution in [-0.4, -0.2) is 75.3 Å². The molecule has 0 amide bonds. The molecule has 33 heavy (non-hydrogen) atoms. The molecule has 4 atom stereocenters. The van der Waals surface area contributed by atoms with Crippen molar-refractivity contribution in [2.45, 2.75) is 37.0 Å². The predicted molar refractivity (Wildman–Crippen MR) is 123 cm³/mol. The Hall–Kier alpha value is -3.33. The van der Waals surface area contributed by atoms with Crippen LogP contribution in [0.15, 0.2) is 18.2 Å². The summed E-state index contributed by atoms with van der Waals surface area (Å²) in [6.45, 7) is 2.04. The van der Waals surface area contributed by atoms with Crippen molar-refractivity contribution in [2.24, 2.45) is 22.9 Å². The Kier molecular flexibility index (Phi) is 6.42. The van der Waals surface area contributed by atoms with Crippen LogP contribution in [0.1, 0.15) is 12.8 Å². The monoisotopic (exact) mass is 459 g/mol. The van der Waals surface area contributed by atoms with Gasteiger partial charge in [-0.05, 0) is 25.0 Å². The lowest BCUT2D eigenvalue weighted by Crippen LogP contribution is -2.54. The van der Waals surface area contributed by atoms with Gasteiger partial charge in [0, 0.05) is 50.3 Å². The molecular weight excluding hydrogens is 430 g/mol. The lowest BCUT2D eigenvalue weighted by Gasteiger charge is -2.37. The van der Waals surface area contributed by atoms with Gasteiger partial charge < -0.3 is 43.2 Å². The van der Waals surface area contributed by atoms with Gasteiger partial charge in [-0.3, -0.25) is 10.1 Å². The summed E-state index contributed by atoms with van der Waals surface area (Å²) < 4.78 is 0. The first-order chi connectivity index (χ1) is 15.7. The van der Waals surface area contributed by atoms with Crippen molar-refractivity contribution < 1.29 is 10.0 Å². The minimum atomic E-state index is -0.601. The fraction of sp³-hybridized carbons (Fsp3) is 0.526. The summed E-state index contributed by atoms with van der Waals surface area (Å²) in [4.78, 5) is 28.2. The molecule has 1 aromatic heterocycles. The van der Waals surface area contributed by atoms with Crippen LogP contribution in [-0.2, 0) is 0 Å². The van der Waals surface area contributed by atoms with Gasteiger partial charge in [-0.15, -0.1) is 0 Å². The summed E-state index contributed by atoms with van der Waals surface area (Å²) in [7, 11) is 0. The standard InChI is InChI=1S/C19H29N11O3/c20-10-3-11(21)7-28(6-10)18-25-17(24-15-2-1-14(31)5-16(15)30(32)33)26-19(27-18)29-8-12(22)4-13(23)9-29/h1-2,5,10-13,31H,3-4,6-9,20-23H2,(H,24,25,26,27)/t10-,11+,12-,13+. The van der Waals surface area contributed by atoms with E-state index in [1.165, 1.54) is 12.1 Å². The fourth-order valence-electron chi connectivity index (χ4n) is 4.27. The quantitative estimate of drug-likeness (QED) is 0.179. The van der Waals surface area contributed by atoms with Crippen molar-refractivity contribution in [3.05, 3.63) is 28.3 Å². The number of nitrogens with two attached hydrogens (primary N) is 4. The summed E-state index contributed by atoms with van der Waals surface area (Å²) in [6, 6.07) is 3.22. The lowest BCUT2D eigenvalue weighted by atomic mass is 10.0. The van der Waals surface area contributed by atoms with Gasteiger partial charge >= 0.3 is 0 Å². The number of rotatable bonds is 5. The van der Waals surface area contributed by atoms with E-state index in [0.717, 1.165) is 6.07 Å². The number of nitrogens with one attached hydrogen (secondary N) is 1. The second kappa shape index (κ2) is 9.27. The zero-order chi connectivity index (χ0) is 23.7. The third-order valence-corrected chi connectivity index (χ3v) is 5.63. The molecule has 2 aliphatic rings. The largest absolute Gasteiger partial charge is 0.508 e. The number of benzene rings is 1. The Balaban J connectivity index is 1.72. The number of anilines is 4. The van der Waals surface area contributed by atoms with Crippen molar-refractivity contribution in [1.82, 2.24) is 15.0 Å². The molecule has 1 aromatic carbocycles. The maximum atomic E-state index is 11.5. The summed E-state index contributed by atoms with van der Waals surface area (Å²) in [5.74, 6) is 0.575. The normalized spacial score (nSPS) is 25.7. The maximum absolute atomic E-state index is 11.5. The Morgan fingerprint density at radius 1 is 0.909 bits per heavy atom. The van der Waals surface area contributed by atoms with Crippen LogP contribution < -0.4 is 38.1 Å². The van der Waals surface area contributed by atoms with Crippen molar-refractivity contribution in [3.63, 3.8) is 0 Å². The Labute approximate surface area is 190 Å². The van der Waals surface area contributed by atoms with E-state index in [9.17, 15) is 15.2 Å². The van der Waals surface area contributed by atoms with Crippen LogP contribution in [0.2, 0.25) is 0 Å². The topological polar surface area (TPSA) is 225 Å². The number of nitrogens with zero attached hydrogens (tertiary/aromatic N) is 6. The van der Waals surface area contributed by atoms with Crippen LogP contribution >= 0.6 is 0 Å². The van der Waals surface area contributed by atoms with Gasteiger partial charge in [-0.1, -0.05) is 0 Å². The molecule has 2 saturated heterocycles. The third kappa shape index (κ3) is 5.36. The SMILES string of the molecule is N[C@@H]1C[C@H](N)CN(c2nc(Nc3ccc(O)cc3[N+](=O)[O-])nc(N3C[C@H](N)C[C@H](N)C3)n2)C1. The fourth-order valence-corrected chi connectivity index (χ4v) is 4.27. The molecule has 2 fully saturated rings. The first kappa shape index (κ1) is 22.8. The predicted octanol–water partition coefficient (Wildman–Crippen LogP) is -1.04. The number of phenols is 1. The molecule has 178 valence electrons. The van der Waals surface area contributed by atoms with Crippen molar-refractivity contribution >= 4 is 29.2 Å². The van der Waals surface area contributed by atoms with E-state index in [1.807, 2.05) is 9.80 Å². The summed E-state index contributed by atoms with van der Waals surface area (Å²) in [5, 5.41) is 24.0. The van der Waals surface area contributed by atoms with Gasteiger partial charge in [0.15, 0.2) is 0 Å². The van der Waals surface area contributed by atoms with E-state index in [2.05, 4.69) is 20.3 Å². The van der Waals surface area contributed by atoms with Gasteiger partial charge in [0.2, 0.25) is 17.8 Å². The Morgan fingerprint density at radius 2 is 1.39 bits per heavy atom. The molecule has 0 aliphatic carbocycles. The van der Waals surface area contributed by atoms with E-state index in [4.69, 9.17) is 22.9 Å². The first-order valence-corrected chi connectivity index (χ1v) is 10.7. The second-order valence-corrected chi connectivity index (χ2v) is 8.66. The first-order valence-electron chi connectivity index (χ1n) is 10.7. The number of hydrogen-bond acceptors (Lipinski definition) is 13. The number of phenolic OH excluding ortho intramolecular Hbond substituents is 1. The van der Waals surface area contributed by atoms with E-state index in [0.29, 0.717) is 50.9 Å². The van der Waals surface area contributed by atoms with Gasteiger partial charge in [-0.2, -0.15) is 15.0 Å². The summed E-state index contributed by atoms with van der Waals surface area (Å²) in [5.41, 5.74) is 24.4. The van der Waals surface area contributed by atoms with E-state index in [1.54, 1.807) is 0 Å². The van der Waals surface area contributed by atoms with Gasteiger partial charge in [-0.25, -0.2) is 0 Å². The van der Waals surface area contributed by atoms with E-state index in [-0.39, 0.29) is 47.2 Å². The molecule has 2 aromatic rings. The number of hydrogen-bond donors (Lipinski definition) is 6. The van der Waals surface area contributed by atoms with Crippen molar-refractivity contribution in [3.8, 4) is 5.75 Å². The molecule has 10 N–H and O–H groups in total. The highest BCUT2D eigenvalue weighted by Crippen LogP contribution is 2.31. The zero-order valence-electron chi connectivity index (χ0n) is 18.0. The number of piperidine rings is 2. The lowest BCUT2D eigenvalue weighted by molar-refractivity contribution is -0.384. The van der Waals surface area contributed by atoms with Gasteiger partial charge in [0.25, 0.3) is 5.69 Å². The van der Waals surface area contributed by atoms with Gasteiger partial charge in [0.1, 0.15) is 11.4 Å². The smallest absolute Gasteiger partial charge is 0.296 e. The van der Waals surface area contributed by atoms with Crippen molar-refractivity contribution in [1.29, 1.82) is 0 Å². The molecule has 2 aliphatic heterocycles. The molecule has 0 spiro atoms. The maximum Gasteiger partial charge on any atom is 0.296 e. The van der Waals surface area contributed by atoms with E-state index < -0.39 is 4.92 Å². The van der Waals surface area contributed by atoms with Crippen molar-refractivity contribution in [2.75, 3.05) is 41.3 Å².